The fourth-order valence-corrected chi connectivity index (χ4v) is 9.47. The lowest BCUT2D eigenvalue weighted by Gasteiger charge is -2.18. The predicted octanol–water partition coefficient (Wildman–Crippen LogP) is 22.8. The van der Waals surface area contributed by atoms with E-state index < -0.39 is 12.1 Å². The second kappa shape index (κ2) is 65.8. The van der Waals surface area contributed by atoms with Gasteiger partial charge in [-0.25, -0.2) is 0 Å². The SMILES string of the molecule is CC/C=C\C/C=C\C/C=C\C/C=C\CCC(=O)OCC(COC(=O)CCCCCCCCCCCCCCCCCCCCCCCCCCCCCCCCCCCC)OC(=O)CC/C=C\C/C=C\C/C=C\C/C=C\CC. The average molecular weight is 1090 g/mol. The Morgan fingerprint density at radius 3 is 0.782 bits per heavy atom. The maximum atomic E-state index is 12.8. The molecule has 0 aromatic rings. The number of carbonyl (C=O) groups excluding carboxylic acids is 3. The molecule has 0 aromatic heterocycles. The van der Waals surface area contributed by atoms with Crippen LogP contribution >= 0.6 is 0 Å². The minimum absolute atomic E-state index is 0.127. The van der Waals surface area contributed by atoms with Crippen LogP contribution in [0.2, 0.25) is 0 Å². The molecular formula is C72H124O6. The Balaban J connectivity index is 4.11. The Morgan fingerprint density at radius 2 is 0.500 bits per heavy atom. The van der Waals surface area contributed by atoms with Crippen LogP contribution in [-0.2, 0) is 28.6 Å². The van der Waals surface area contributed by atoms with Gasteiger partial charge in [-0.3, -0.25) is 14.4 Å². The molecule has 0 saturated carbocycles. The lowest BCUT2D eigenvalue weighted by molar-refractivity contribution is -0.166. The van der Waals surface area contributed by atoms with E-state index in [4.69, 9.17) is 14.2 Å². The fourth-order valence-electron chi connectivity index (χ4n) is 9.47. The summed E-state index contributed by atoms with van der Waals surface area (Å²) in [4.78, 5) is 38.1. The molecule has 0 amide bonds. The van der Waals surface area contributed by atoms with E-state index in [9.17, 15) is 14.4 Å². The van der Waals surface area contributed by atoms with Crippen LogP contribution in [0, 0.1) is 0 Å². The molecule has 1 atom stereocenters. The van der Waals surface area contributed by atoms with Gasteiger partial charge >= 0.3 is 17.9 Å². The molecule has 0 spiro atoms. The zero-order valence-corrected chi connectivity index (χ0v) is 51.4. The van der Waals surface area contributed by atoms with Crippen molar-refractivity contribution in [1.82, 2.24) is 0 Å². The molecule has 0 fully saturated rings. The first-order valence-electron chi connectivity index (χ1n) is 33.2. The summed E-state index contributed by atoms with van der Waals surface area (Å²) in [6, 6.07) is 0. The van der Waals surface area contributed by atoms with E-state index in [1.165, 1.54) is 199 Å². The minimum atomic E-state index is -0.844. The molecule has 0 bridgehead atoms. The van der Waals surface area contributed by atoms with Crippen molar-refractivity contribution in [3.05, 3.63) is 97.2 Å². The van der Waals surface area contributed by atoms with Crippen LogP contribution in [0.15, 0.2) is 97.2 Å². The highest BCUT2D eigenvalue weighted by atomic mass is 16.6. The van der Waals surface area contributed by atoms with Crippen molar-refractivity contribution < 1.29 is 28.6 Å². The standard InChI is InChI=1S/C72H124O6/c1-4-7-10-13-16-19-22-25-26-27-28-29-30-31-32-33-34-35-36-37-38-39-40-41-42-43-44-45-48-50-53-56-59-62-65-71(74)77-68-69(78-72(75)66-63-60-57-54-51-47-24-21-18-15-12-9-6-3)67-76-70(73)64-61-58-55-52-49-46-23-20-17-14-11-8-5-2/h8-9,11-12,17-18,20-21,46-47,49,51,55,57-58,60,69H,4-7,10,13-16,19,22-45,48,50,52-54,56,59,61-68H2,1-3H3/b11-8-,12-9-,20-17-,21-18-,49-46-,51-47-,58-55-,60-57-. The molecule has 0 aromatic carbocycles. The van der Waals surface area contributed by atoms with Crippen molar-refractivity contribution in [2.45, 2.75) is 329 Å². The van der Waals surface area contributed by atoms with Gasteiger partial charge < -0.3 is 14.2 Å². The van der Waals surface area contributed by atoms with E-state index in [1.54, 1.807) is 0 Å². The van der Waals surface area contributed by atoms with Gasteiger partial charge in [-0.2, -0.15) is 0 Å². The maximum Gasteiger partial charge on any atom is 0.306 e. The zero-order valence-electron chi connectivity index (χ0n) is 51.4. The number of unbranched alkanes of at least 4 members (excludes halogenated alkanes) is 33. The molecule has 6 heteroatoms. The molecule has 0 rings (SSSR count). The third-order valence-electron chi connectivity index (χ3n) is 14.4. The van der Waals surface area contributed by atoms with E-state index in [-0.39, 0.29) is 38.0 Å². The van der Waals surface area contributed by atoms with Gasteiger partial charge in [0.25, 0.3) is 0 Å². The molecule has 0 saturated heterocycles. The quantitative estimate of drug-likeness (QED) is 0.0261. The van der Waals surface area contributed by atoms with Crippen molar-refractivity contribution in [3.63, 3.8) is 0 Å². The van der Waals surface area contributed by atoms with Crippen LogP contribution in [0.4, 0.5) is 0 Å². The minimum Gasteiger partial charge on any atom is -0.462 e. The summed E-state index contributed by atoms with van der Waals surface area (Å²) in [5, 5.41) is 0. The highest BCUT2D eigenvalue weighted by molar-refractivity contribution is 5.71. The molecule has 0 N–H and O–H groups in total. The Morgan fingerprint density at radius 1 is 0.269 bits per heavy atom. The Hall–Kier alpha value is -3.67. The lowest BCUT2D eigenvalue weighted by Crippen LogP contribution is -2.30. The van der Waals surface area contributed by atoms with Crippen LogP contribution in [0.3, 0.4) is 0 Å². The Bertz CT molecular complexity index is 1530. The molecule has 0 aliphatic heterocycles. The van der Waals surface area contributed by atoms with Crippen molar-refractivity contribution in [1.29, 1.82) is 0 Å². The largest absolute Gasteiger partial charge is 0.462 e. The third-order valence-corrected chi connectivity index (χ3v) is 14.4. The van der Waals surface area contributed by atoms with Crippen LogP contribution in [0.25, 0.3) is 0 Å². The highest BCUT2D eigenvalue weighted by Crippen LogP contribution is 2.18. The van der Waals surface area contributed by atoms with E-state index in [0.717, 1.165) is 70.6 Å². The zero-order chi connectivity index (χ0) is 56.4. The van der Waals surface area contributed by atoms with Crippen molar-refractivity contribution in [3.8, 4) is 0 Å². The monoisotopic (exact) mass is 1080 g/mol. The number of hydrogen-bond donors (Lipinski definition) is 0. The van der Waals surface area contributed by atoms with Gasteiger partial charge in [0.05, 0.1) is 0 Å². The van der Waals surface area contributed by atoms with Crippen LogP contribution in [0.5, 0.6) is 0 Å². The second-order valence-electron chi connectivity index (χ2n) is 22.0. The van der Waals surface area contributed by atoms with Gasteiger partial charge in [-0.05, 0) is 70.6 Å². The molecule has 0 aliphatic rings. The summed E-state index contributed by atoms with van der Waals surface area (Å²) < 4.78 is 16.7. The highest BCUT2D eigenvalue weighted by Gasteiger charge is 2.19. The number of rotatable bonds is 60. The number of carbonyl (C=O) groups is 3. The van der Waals surface area contributed by atoms with Crippen molar-refractivity contribution in [2.24, 2.45) is 0 Å². The number of hydrogen-bond acceptors (Lipinski definition) is 6. The summed E-state index contributed by atoms with van der Waals surface area (Å²) in [6.45, 7) is 6.31. The molecule has 6 nitrogen and oxygen atoms in total. The summed E-state index contributed by atoms with van der Waals surface area (Å²) in [7, 11) is 0. The fraction of sp³-hybridized carbons (Fsp3) is 0.736. The molecule has 0 aliphatic carbocycles. The van der Waals surface area contributed by atoms with Crippen molar-refractivity contribution >= 4 is 17.9 Å². The molecular weight excluding hydrogens is 961 g/mol. The lowest BCUT2D eigenvalue weighted by atomic mass is 10.0. The third kappa shape index (κ3) is 63.2. The Kier molecular flexibility index (Phi) is 62.7. The van der Waals surface area contributed by atoms with Gasteiger partial charge in [-0.1, -0.05) is 330 Å². The molecule has 1 unspecified atom stereocenters. The first-order valence-corrected chi connectivity index (χ1v) is 33.2. The molecule has 0 radical (unpaired) electrons. The summed E-state index contributed by atoms with van der Waals surface area (Å²) in [5.41, 5.74) is 0. The molecule has 78 heavy (non-hydrogen) atoms. The average Bonchev–Trinajstić information content (AvgIpc) is 3.44. The summed E-state index contributed by atoms with van der Waals surface area (Å²) in [5.74, 6) is -1.09. The normalized spacial score (nSPS) is 12.7. The topological polar surface area (TPSA) is 78.9 Å². The van der Waals surface area contributed by atoms with E-state index in [2.05, 4.69) is 93.7 Å². The van der Waals surface area contributed by atoms with Crippen molar-refractivity contribution in [2.75, 3.05) is 13.2 Å². The number of esters is 3. The van der Waals surface area contributed by atoms with Crippen LogP contribution < -0.4 is 0 Å². The van der Waals surface area contributed by atoms with E-state index >= 15 is 0 Å². The summed E-state index contributed by atoms with van der Waals surface area (Å²) >= 11 is 0. The Labute approximate surface area is 483 Å². The molecule has 448 valence electrons. The van der Waals surface area contributed by atoms with E-state index in [0.29, 0.717) is 19.3 Å². The van der Waals surface area contributed by atoms with Gasteiger partial charge in [0.15, 0.2) is 6.10 Å². The second-order valence-corrected chi connectivity index (χ2v) is 22.0. The van der Waals surface area contributed by atoms with Crippen LogP contribution in [0.1, 0.15) is 323 Å². The summed E-state index contributed by atoms with van der Waals surface area (Å²) in [6.07, 6.45) is 89.3. The molecule has 0 heterocycles. The van der Waals surface area contributed by atoms with Gasteiger partial charge in [0.2, 0.25) is 0 Å². The first kappa shape index (κ1) is 74.3. The van der Waals surface area contributed by atoms with Gasteiger partial charge in [-0.15, -0.1) is 0 Å². The maximum absolute atomic E-state index is 12.8. The van der Waals surface area contributed by atoms with Gasteiger partial charge in [0.1, 0.15) is 13.2 Å². The number of ether oxygens (including phenoxy) is 3. The van der Waals surface area contributed by atoms with Gasteiger partial charge in [0, 0.05) is 19.3 Å². The van der Waals surface area contributed by atoms with Crippen LogP contribution in [-0.4, -0.2) is 37.2 Å². The number of allylic oxidation sites excluding steroid dienone is 16. The smallest absolute Gasteiger partial charge is 0.306 e. The van der Waals surface area contributed by atoms with E-state index in [1.807, 2.05) is 24.3 Å². The first-order chi connectivity index (χ1) is 38.5. The predicted molar refractivity (Wildman–Crippen MR) is 339 cm³/mol.